The summed E-state index contributed by atoms with van der Waals surface area (Å²) in [5.41, 5.74) is 1.91. The molecule has 23 heavy (non-hydrogen) atoms. The molecule has 0 bridgehead atoms. The van der Waals surface area contributed by atoms with E-state index in [9.17, 15) is 4.79 Å². The fourth-order valence-corrected chi connectivity index (χ4v) is 3.05. The molecule has 1 aliphatic carbocycles. The Hall–Kier alpha value is -2.06. The number of nitriles is 1. The number of urea groups is 1. The van der Waals surface area contributed by atoms with E-state index >= 15 is 0 Å². The molecule has 0 radical (unpaired) electrons. The Morgan fingerprint density at radius 3 is 2.65 bits per heavy atom. The quantitative estimate of drug-likeness (QED) is 0.930. The van der Waals surface area contributed by atoms with Crippen molar-refractivity contribution in [3.05, 3.63) is 35.4 Å². The monoisotopic (exact) mass is 312 g/mol. The predicted octanol–water partition coefficient (Wildman–Crippen LogP) is 2.18. The van der Waals surface area contributed by atoms with Gasteiger partial charge >= 0.3 is 6.03 Å². The molecule has 5 heteroatoms. The molecule has 1 aromatic carbocycles. The van der Waals surface area contributed by atoms with Crippen molar-refractivity contribution in [2.24, 2.45) is 5.92 Å². The first kappa shape index (κ1) is 15.8. The number of carbonyl (C=O) groups excluding carboxylic acids is 1. The van der Waals surface area contributed by atoms with Crippen LogP contribution in [0.5, 0.6) is 0 Å². The first-order valence-corrected chi connectivity index (χ1v) is 8.42. The van der Waals surface area contributed by atoms with Crippen LogP contribution < -0.4 is 5.32 Å². The van der Waals surface area contributed by atoms with Gasteiger partial charge in [0.05, 0.1) is 11.6 Å². The van der Waals surface area contributed by atoms with Crippen LogP contribution in [0.3, 0.4) is 0 Å². The van der Waals surface area contributed by atoms with E-state index in [0.29, 0.717) is 17.5 Å². The maximum atomic E-state index is 12.2. The van der Waals surface area contributed by atoms with Gasteiger partial charge in [-0.05, 0) is 36.5 Å². The molecule has 2 aliphatic rings. The van der Waals surface area contributed by atoms with Gasteiger partial charge in [0, 0.05) is 38.8 Å². The van der Waals surface area contributed by atoms with Gasteiger partial charge in [-0.1, -0.05) is 19.1 Å². The molecule has 2 amide bonds. The molecule has 2 fully saturated rings. The lowest BCUT2D eigenvalue weighted by atomic mass is 10.1. The Balaban J connectivity index is 1.49. The van der Waals surface area contributed by atoms with Gasteiger partial charge in [-0.15, -0.1) is 0 Å². The van der Waals surface area contributed by atoms with Crippen molar-refractivity contribution in [1.82, 2.24) is 15.1 Å². The molecule has 1 saturated heterocycles. The first-order chi connectivity index (χ1) is 11.2. The SMILES string of the molecule is CC1CC1NC(=O)N1CCCN(Cc2ccc(C#N)cc2)CC1. The minimum Gasteiger partial charge on any atom is -0.335 e. The Kier molecular flexibility index (Phi) is 4.82. The van der Waals surface area contributed by atoms with Gasteiger partial charge in [-0.25, -0.2) is 4.79 Å². The number of rotatable bonds is 3. The van der Waals surface area contributed by atoms with E-state index in [1.165, 1.54) is 5.56 Å². The summed E-state index contributed by atoms with van der Waals surface area (Å²) in [6.45, 7) is 6.56. The van der Waals surface area contributed by atoms with Crippen LogP contribution in [0.2, 0.25) is 0 Å². The van der Waals surface area contributed by atoms with Crippen LogP contribution in [-0.2, 0) is 6.54 Å². The summed E-state index contributed by atoms with van der Waals surface area (Å²) in [4.78, 5) is 16.6. The molecule has 1 saturated carbocycles. The lowest BCUT2D eigenvalue weighted by molar-refractivity contribution is 0.197. The van der Waals surface area contributed by atoms with Crippen molar-refractivity contribution >= 4 is 6.03 Å². The van der Waals surface area contributed by atoms with Gasteiger partial charge in [0.25, 0.3) is 0 Å². The second-order valence-corrected chi connectivity index (χ2v) is 6.69. The van der Waals surface area contributed by atoms with E-state index in [1.807, 2.05) is 29.2 Å². The van der Waals surface area contributed by atoms with Crippen LogP contribution in [0, 0.1) is 17.2 Å². The number of nitrogens with zero attached hydrogens (tertiary/aromatic N) is 3. The molecule has 0 spiro atoms. The Morgan fingerprint density at radius 1 is 1.26 bits per heavy atom. The average Bonchev–Trinajstić information content (AvgIpc) is 3.30. The Labute approximate surface area is 137 Å². The third-order valence-electron chi connectivity index (χ3n) is 4.78. The van der Waals surface area contributed by atoms with E-state index in [-0.39, 0.29) is 6.03 Å². The summed E-state index contributed by atoms with van der Waals surface area (Å²) < 4.78 is 0. The zero-order chi connectivity index (χ0) is 16.2. The van der Waals surface area contributed by atoms with Gasteiger partial charge in [-0.2, -0.15) is 5.26 Å². The molecule has 1 N–H and O–H groups in total. The maximum absolute atomic E-state index is 12.2. The highest BCUT2D eigenvalue weighted by Crippen LogP contribution is 2.29. The molecule has 2 atom stereocenters. The van der Waals surface area contributed by atoms with Crippen LogP contribution >= 0.6 is 0 Å². The average molecular weight is 312 g/mol. The fraction of sp³-hybridized carbons (Fsp3) is 0.556. The summed E-state index contributed by atoms with van der Waals surface area (Å²) >= 11 is 0. The van der Waals surface area contributed by atoms with Gasteiger partial charge in [0.2, 0.25) is 0 Å². The highest BCUT2D eigenvalue weighted by atomic mass is 16.2. The van der Waals surface area contributed by atoms with E-state index in [1.54, 1.807) is 0 Å². The number of nitrogens with one attached hydrogen (secondary N) is 1. The lowest BCUT2D eigenvalue weighted by Crippen LogP contribution is -2.43. The molecule has 3 rings (SSSR count). The second-order valence-electron chi connectivity index (χ2n) is 6.69. The second kappa shape index (κ2) is 7.01. The number of amides is 2. The standard InChI is InChI=1S/C18H24N4O/c1-14-11-17(14)20-18(23)22-8-2-7-21(9-10-22)13-16-5-3-15(12-19)4-6-16/h3-6,14,17H,2,7-11,13H2,1H3,(H,20,23). The maximum Gasteiger partial charge on any atom is 0.317 e. The third-order valence-corrected chi connectivity index (χ3v) is 4.78. The van der Waals surface area contributed by atoms with Crippen molar-refractivity contribution < 1.29 is 4.79 Å². The van der Waals surface area contributed by atoms with Gasteiger partial charge < -0.3 is 10.2 Å². The summed E-state index contributed by atoms with van der Waals surface area (Å²) in [5.74, 6) is 0.638. The number of hydrogen-bond donors (Lipinski definition) is 1. The van der Waals surface area contributed by atoms with Gasteiger partial charge in [0.1, 0.15) is 0 Å². The molecule has 2 unspecified atom stereocenters. The minimum atomic E-state index is 0.0968. The van der Waals surface area contributed by atoms with Crippen LogP contribution in [0.1, 0.15) is 30.9 Å². The first-order valence-electron chi connectivity index (χ1n) is 8.42. The Bertz CT molecular complexity index is 592. The summed E-state index contributed by atoms with van der Waals surface area (Å²) in [6.07, 6.45) is 2.12. The zero-order valence-corrected chi connectivity index (χ0v) is 13.7. The number of benzene rings is 1. The summed E-state index contributed by atoms with van der Waals surface area (Å²) in [6, 6.07) is 10.4. The lowest BCUT2D eigenvalue weighted by Gasteiger charge is -2.22. The molecular weight excluding hydrogens is 288 g/mol. The molecule has 5 nitrogen and oxygen atoms in total. The van der Waals surface area contributed by atoms with Crippen molar-refractivity contribution in [2.45, 2.75) is 32.4 Å². The predicted molar refractivity (Wildman–Crippen MR) is 88.7 cm³/mol. The summed E-state index contributed by atoms with van der Waals surface area (Å²) in [5, 5.41) is 12.0. The van der Waals surface area contributed by atoms with Crippen LogP contribution in [0.4, 0.5) is 4.79 Å². The number of carbonyl (C=O) groups is 1. The van der Waals surface area contributed by atoms with Crippen molar-refractivity contribution in [1.29, 1.82) is 5.26 Å². The molecule has 1 aromatic rings. The van der Waals surface area contributed by atoms with E-state index in [0.717, 1.165) is 45.6 Å². The van der Waals surface area contributed by atoms with Crippen LogP contribution in [0.25, 0.3) is 0 Å². The molecule has 0 aromatic heterocycles. The third kappa shape index (κ3) is 4.23. The largest absolute Gasteiger partial charge is 0.335 e. The normalized spacial score (nSPS) is 24.6. The van der Waals surface area contributed by atoms with Gasteiger partial charge in [-0.3, -0.25) is 4.90 Å². The van der Waals surface area contributed by atoms with E-state index in [4.69, 9.17) is 5.26 Å². The van der Waals surface area contributed by atoms with Crippen molar-refractivity contribution in [2.75, 3.05) is 26.2 Å². The van der Waals surface area contributed by atoms with Crippen molar-refractivity contribution in [3.8, 4) is 6.07 Å². The van der Waals surface area contributed by atoms with Crippen LogP contribution in [-0.4, -0.2) is 48.1 Å². The Morgan fingerprint density at radius 2 is 2.00 bits per heavy atom. The van der Waals surface area contributed by atoms with Gasteiger partial charge in [0.15, 0.2) is 0 Å². The van der Waals surface area contributed by atoms with E-state index in [2.05, 4.69) is 23.2 Å². The summed E-state index contributed by atoms with van der Waals surface area (Å²) in [7, 11) is 0. The molecule has 1 aliphatic heterocycles. The smallest absolute Gasteiger partial charge is 0.317 e. The molecule has 122 valence electrons. The van der Waals surface area contributed by atoms with E-state index < -0.39 is 0 Å². The molecule has 1 heterocycles. The fourth-order valence-electron chi connectivity index (χ4n) is 3.05. The van der Waals surface area contributed by atoms with Crippen molar-refractivity contribution in [3.63, 3.8) is 0 Å². The highest BCUT2D eigenvalue weighted by molar-refractivity contribution is 5.75. The number of hydrogen-bond acceptors (Lipinski definition) is 3. The highest BCUT2D eigenvalue weighted by Gasteiger charge is 2.35. The topological polar surface area (TPSA) is 59.4 Å². The zero-order valence-electron chi connectivity index (χ0n) is 13.7. The minimum absolute atomic E-state index is 0.0968. The van der Waals surface area contributed by atoms with Crippen LogP contribution in [0.15, 0.2) is 24.3 Å². The molecular formula is C18H24N4O.